The summed E-state index contributed by atoms with van der Waals surface area (Å²) in [7, 11) is 1.61. The first-order valence-electron chi connectivity index (χ1n) is 11.9. The smallest absolute Gasteiger partial charge is 0.277 e. The van der Waals surface area contributed by atoms with Gasteiger partial charge in [0, 0.05) is 18.3 Å². The van der Waals surface area contributed by atoms with E-state index >= 15 is 0 Å². The topological polar surface area (TPSA) is 89.6 Å². The van der Waals surface area contributed by atoms with Crippen molar-refractivity contribution in [3.05, 3.63) is 89.8 Å². The second kappa shape index (κ2) is 9.37. The summed E-state index contributed by atoms with van der Waals surface area (Å²) in [4.78, 5) is 29.4. The van der Waals surface area contributed by atoms with Gasteiger partial charge in [0.05, 0.1) is 19.9 Å². The molecule has 0 radical (unpaired) electrons. The number of rotatable bonds is 7. The molecule has 184 valence electrons. The summed E-state index contributed by atoms with van der Waals surface area (Å²) in [6, 6.07) is 20.5. The van der Waals surface area contributed by atoms with E-state index in [1.165, 1.54) is 0 Å². The van der Waals surface area contributed by atoms with Gasteiger partial charge in [-0.15, -0.1) is 0 Å². The molecule has 3 heterocycles. The van der Waals surface area contributed by atoms with E-state index in [0.717, 1.165) is 29.0 Å². The number of aromatic nitrogens is 2. The number of carbonyl (C=O) groups excluding carboxylic acids is 2. The molecule has 0 fully saturated rings. The van der Waals surface area contributed by atoms with Gasteiger partial charge in [0.2, 0.25) is 5.91 Å². The van der Waals surface area contributed by atoms with Crippen molar-refractivity contribution >= 4 is 17.5 Å². The number of nitrogens with zero attached hydrogens (tertiary/aromatic N) is 3. The molecule has 0 bridgehead atoms. The number of para-hydroxylation sites is 1. The minimum Gasteiger partial charge on any atom is -0.497 e. The van der Waals surface area contributed by atoms with Crippen LogP contribution in [0.5, 0.6) is 5.75 Å². The van der Waals surface area contributed by atoms with Gasteiger partial charge in [0.25, 0.3) is 5.91 Å². The van der Waals surface area contributed by atoms with E-state index in [2.05, 4.69) is 10.4 Å². The number of furan rings is 1. The van der Waals surface area contributed by atoms with E-state index < -0.39 is 5.54 Å². The first kappa shape index (κ1) is 23.4. The Morgan fingerprint density at radius 1 is 1.14 bits per heavy atom. The maximum Gasteiger partial charge on any atom is 0.277 e. The number of aryl methyl sites for hydroxylation is 1. The van der Waals surface area contributed by atoms with E-state index in [1.54, 1.807) is 48.1 Å². The van der Waals surface area contributed by atoms with E-state index in [1.807, 2.05) is 55.5 Å². The van der Waals surface area contributed by atoms with Crippen LogP contribution in [0, 0.1) is 0 Å². The third-order valence-electron chi connectivity index (χ3n) is 6.64. The fourth-order valence-corrected chi connectivity index (χ4v) is 4.65. The summed E-state index contributed by atoms with van der Waals surface area (Å²) in [5, 5.41) is 7.65. The number of hydrogen-bond acceptors (Lipinski definition) is 5. The molecule has 1 aliphatic rings. The third kappa shape index (κ3) is 4.04. The highest BCUT2D eigenvalue weighted by molar-refractivity contribution is 6.12. The van der Waals surface area contributed by atoms with Gasteiger partial charge in [-0.1, -0.05) is 37.3 Å². The lowest BCUT2D eigenvalue weighted by atomic mass is 9.92. The molecule has 4 aromatic rings. The Labute approximate surface area is 209 Å². The minimum absolute atomic E-state index is 0.196. The van der Waals surface area contributed by atoms with Crippen LogP contribution in [0.15, 0.2) is 77.4 Å². The molecule has 1 N–H and O–H groups in total. The van der Waals surface area contributed by atoms with Crippen LogP contribution in [0.3, 0.4) is 0 Å². The zero-order valence-corrected chi connectivity index (χ0v) is 20.5. The molecular weight excluding hydrogens is 456 g/mol. The summed E-state index contributed by atoms with van der Waals surface area (Å²) >= 11 is 0. The fraction of sp³-hybridized carbons (Fsp3) is 0.250. The molecule has 2 amide bonds. The van der Waals surface area contributed by atoms with Crippen molar-refractivity contribution in [1.29, 1.82) is 0 Å². The van der Waals surface area contributed by atoms with Crippen molar-refractivity contribution in [3.63, 3.8) is 0 Å². The molecule has 2 aromatic carbocycles. The van der Waals surface area contributed by atoms with Crippen LogP contribution in [0.25, 0.3) is 11.5 Å². The predicted molar refractivity (Wildman–Crippen MR) is 136 cm³/mol. The standard InChI is InChI=1S/C28H28N4O4/c1-4-20-8-5-6-9-23(20)32-26(33)24-16-22(25-10-7-15-36-25)30-31(24)18-28(32,2)27(34)29-17-19-11-13-21(35-3)14-12-19/h5-16H,4,17-18H2,1-3H3,(H,29,34)/t28-/m0/s1. The van der Waals surface area contributed by atoms with Crippen LogP contribution in [0.1, 0.15) is 35.5 Å². The van der Waals surface area contributed by atoms with Gasteiger partial charge < -0.3 is 14.5 Å². The highest BCUT2D eigenvalue weighted by Gasteiger charge is 2.49. The second-order valence-corrected chi connectivity index (χ2v) is 8.98. The number of nitrogens with one attached hydrogen (secondary N) is 1. The first-order chi connectivity index (χ1) is 17.4. The van der Waals surface area contributed by atoms with Crippen molar-refractivity contribution in [2.24, 2.45) is 0 Å². The van der Waals surface area contributed by atoms with Gasteiger partial charge in [-0.3, -0.25) is 19.2 Å². The van der Waals surface area contributed by atoms with Crippen molar-refractivity contribution in [2.75, 3.05) is 12.0 Å². The molecule has 1 aliphatic heterocycles. The number of anilines is 1. The number of ether oxygens (including phenoxy) is 1. The number of amides is 2. The highest BCUT2D eigenvalue weighted by atomic mass is 16.5. The molecule has 36 heavy (non-hydrogen) atoms. The number of fused-ring (bicyclic) bond motifs is 1. The summed E-state index contributed by atoms with van der Waals surface area (Å²) in [5.74, 6) is 0.763. The maximum absolute atomic E-state index is 14.0. The van der Waals surface area contributed by atoms with Gasteiger partial charge in [0.15, 0.2) is 5.76 Å². The predicted octanol–water partition coefficient (Wildman–Crippen LogP) is 4.45. The summed E-state index contributed by atoms with van der Waals surface area (Å²) < 4.78 is 12.3. The number of benzene rings is 2. The van der Waals surface area contributed by atoms with Crippen LogP contribution in [-0.2, 0) is 24.3 Å². The molecule has 0 aliphatic carbocycles. The fourth-order valence-electron chi connectivity index (χ4n) is 4.65. The lowest BCUT2D eigenvalue weighted by Crippen LogP contribution is -2.64. The van der Waals surface area contributed by atoms with Crippen LogP contribution in [0.2, 0.25) is 0 Å². The normalized spacial score (nSPS) is 17.1. The summed E-state index contributed by atoms with van der Waals surface area (Å²) in [6.45, 7) is 4.34. The van der Waals surface area contributed by atoms with Crippen molar-refractivity contribution < 1.29 is 18.7 Å². The Morgan fingerprint density at radius 3 is 2.61 bits per heavy atom. The molecule has 0 saturated heterocycles. The van der Waals surface area contributed by atoms with E-state index in [-0.39, 0.29) is 18.4 Å². The SMILES string of the molecule is CCc1ccccc1N1C(=O)c2cc(-c3ccco3)nn2C[C@@]1(C)C(=O)NCc1ccc(OC)cc1. The zero-order valence-electron chi connectivity index (χ0n) is 20.5. The van der Waals surface area contributed by atoms with E-state index in [4.69, 9.17) is 9.15 Å². The van der Waals surface area contributed by atoms with Crippen molar-refractivity contribution in [3.8, 4) is 17.2 Å². The molecule has 1 atom stereocenters. The average Bonchev–Trinajstić information content (AvgIpc) is 3.58. The largest absolute Gasteiger partial charge is 0.497 e. The Balaban J connectivity index is 1.53. The van der Waals surface area contributed by atoms with Crippen LogP contribution >= 0.6 is 0 Å². The quantitative estimate of drug-likeness (QED) is 0.419. The van der Waals surface area contributed by atoms with Crippen LogP contribution in [-0.4, -0.2) is 34.2 Å². The monoisotopic (exact) mass is 484 g/mol. The Morgan fingerprint density at radius 2 is 1.92 bits per heavy atom. The lowest BCUT2D eigenvalue weighted by Gasteiger charge is -2.43. The van der Waals surface area contributed by atoms with E-state index in [0.29, 0.717) is 23.7 Å². The molecule has 5 rings (SSSR count). The minimum atomic E-state index is -1.21. The van der Waals surface area contributed by atoms with Gasteiger partial charge in [-0.25, -0.2) is 0 Å². The summed E-state index contributed by atoms with van der Waals surface area (Å²) in [6.07, 6.45) is 2.29. The molecular formula is C28H28N4O4. The maximum atomic E-state index is 14.0. The van der Waals surface area contributed by atoms with Gasteiger partial charge >= 0.3 is 0 Å². The van der Waals surface area contributed by atoms with Gasteiger partial charge in [0.1, 0.15) is 22.7 Å². The first-order valence-corrected chi connectivity index (χ1v) is 11.9. The Hall–Kier alpha value is -4.33. The molecule has 8 nitrogen and oxygen atoms in total. The van der Waals surface area contributed by atoms with Crippen LogP contribution < -0.4 is 15.0 Å². The third-order valence-corrected chi connectivity index (χ3v) is 6.64. The molecule has 8 heteroatoms. The molecule has 0 spiro atoms. The Bertz CT molecular complexity index is 1390. The number of hydrogen-bond donors (Lipinski definition) is 1. The van der Waals surface area contributed by atoms with Gasteiger partial charge in [-0.05, 0) is 54.8 Å². The van der Waals surface area contributed by atoms with Crippen LogP contribution in [0.4, 0.5) is 5.69 Å². The zero-order chi connectivity index (χ0) is 25.3. The second-order valence-electron chi connectivity index (χ2n) is 8.98. The molecule has 0 saturated carbocycles. The van der Waals surface area contributed by atoms with Crippen molar-refractivity contribution in [1.82, 2.24) is 15.1 Å². The lowest BCUT2D eigenvalue weighted by molar-refractivity contribution is -0.126. The number of carbonyl (C=O) groups is 2. The summed E-state index contributed by atoms with van der Waals surface area (Å²) in [5.41, 5.74) is 2.38. The molecule has 2 aromatic heterocycles. The highest BCUT2D eigenvalue weighted by Crippen LogP contribution is 2.36. The van der Waals surface area contributed by atoms with Gasteiger partial charge in [-0.2, -0.15) is 5.10 Å². The number of methoxy groups -OCH3 is 1. The van der Waals surface area contributed by atoms with Crippen molar-refractivity contribution in [2.45, 2.75) is 38.9 Å². The average molecular weight is 485 g/mol. The van der Waals surface area contributed by atoms with E-state index in [9.17, 15) is 9.59 Å². The molecule has 0 unspecified atom stereocenters. The Kier molecular flexibility index (Phi) is 6.10.